The summed E-state index contributed by atoms with van der Waals surface area (Å²) in [4.78, 5) is 21.8. The normalized spacial score (nSPS) is 24.1. The van der Waals surface area contributed by atoms with E-state index in [-0.39, 0.29) is 18.1 Å². The van der Waals surface area contributed by atoms with E-state index in [0.29, 0.717) is 18.8 Å². The maximum absolute atomic E-state index is 13.2. The molecule has 1 amide bonds. The second-order valence-corrected chi connectivity index (χ2v) is 7.38. The van der Waals surface area contributed by atoms with Crippen LogP contribution >= 0.6 is 0 Å². The highest BCUT2D eigenvalue weighted by atomic mass is 16.5. The molecule has 7 nitrogen and oxygen atoms in total. The molecule has 4 heterocycles. The maximum atomic E-state index is 13.2. The first-order valence-electron chi connectivity index (χ1n) is 9.77. The minimum Gasteiger partial charge on any atom is -0.373 e. The SMILES string of the molecule is Cn1cc([C@H]2[C@H](CN3CCCCC3)OCCN2C(=O)c2ccccn2)cn1. The summed E-state index contributed by atoms with van der Waals surface area (Å²) in [5, 5.41) is 4.33. The number of morpholine rings is 1. The monoisotopic (exact) mass is 369 g/mol. The summed E-state index contributed by atoms with van der Waals surface area (Å²) in [6.07, 6.45) is 9.22. The van der Waals surface area contributed by atoms with Crippen LogP contribution in [0.15, 0.2) is 36.8 Å². The van der Waals surface area contributed by atoms with Crippen LogP contribution in [-0.4, -0.2) is 69.4 Å². The zero-order valence-corrected chi connectivity index (χ0v) is 15.8. The lowest BCUT2D eigenvalue weighted by Gasteiger charge is -2.43. The molecule has 4 rings (SSSR count). The molecule has 2 aliphatic rings. The molecule has 0 aliphatic carbocycles. The number of ether oxygens (including phenoxy) is 1. The summed E-state index contributed by atoms with van der Waals surface area (Å²) in [6.45, 7) is 4.16. The topological polar surface area (TPSA) is 63.5 Å². The fourth-order valence-corrected chi connectivity index (χ4v) is 4.13. The quantitative estimate of drug-likeness (QED) is 0.823. The van der Waals surface area contributed by atoms with Gasteiger partial charge in [0.25, 0.3) is 5.91 Å². The number of rotatable bonds is 4. The van der Waals surface area contributed by atoms with Crippen LogP contribution in [-0.2, 0) is 11.8 Å². The van der Waals surface area contributed by atoms with E-state index in [9.17, 15) is 4.79 Å². The number of likely N-dealkylation sites (tertiary alicyclic amines) is 1. The van der Waals surface area contributed by atoms with Crippen LogP contribution in [0.1, 0.15) is 41.4 Å². The Hall–Kier alpha value is -2.25. The molecule has 2 aromatic heterocycles. The average molecular weight is 369 g/mol. The zero-order chi connectivity index (χ0) is 18.6. The van der Waals surface area contributed by atoms with Crippen molar-refractivity contribution in [3.63, 3.8) is 0 Å². The van der Waals surface area contributed by atoms with Gasteiger partial charge in [-0.3, -0.25) is 14.5 Å². The lowest BCUT2D eigenvalue weighted by molar-refractivity contribution is -0.0743. The number of pyridine rings is 1. The summed E-state index contributed by atoms with van der Waals surface area (Å²) in [5.41, 5.74) is 1.49. The minimum absolute atomic E-state index is 0.0450. The molecule has 27 heavy (non-hydrogen) atoms. The number of hydrogen-bond acceptors (Lipinski definition) is 5. The van der Waals surface area contributed by atoms with Crippen molar-refractivity contribution in [2.45, 2.75) is 31.4 Å². The van der Waals surface area contributed by atoms with Crippen LogP contribution < -0.4 is 0 Å². The van der Waals surface area contributed by atoms with Crippen molar-refractivity contribution in [1.82, 2.24) is 24.6 Å². The predicted molar refractivity (Wildman–Crippen MR) is 101 cm³/mol. The van der Waals surface area contributed by atoms with Crippen molar-refractivity contribution in [3.05, 3.63) is 48.0 Å². The minimum atomic E-state index is -0.149. The van der Waals surface area contributed by atoms with Gasteiger partial charge in [0.1, 0.15) is 5.69 Å². The molecule has 0 saturated carbocycles. The Balaban J connectivity index is 1.61. The van der Waals surface area contributed by atoms with Gasteiger partial charge >= 0.3 is 0 Å². The van der Waals surface area contributed by atoms with Crippen molar-refractivity contribution in [3.8, 4) is 0 Å². The fraction of sp³-hybridized carbons (Fsp3) is 0.550. The molecule has 0 radical (unpaired) electrons. The summed E-state index contributed by atoms with van der Waals surface area (Å²) < 4.78 is 7.96. The molecular formula is C20H27N5O2. The maximum Gasteiger partial charge on any atom is 0.273 e. The Bertz CT molecular complexity index is 757. The summed E-state index contributed by atoms with van der Waals surface area (Å²) in [5.74, 6) is -0.0450. The highest BCUT2D eigenvalue weighted by Crippen LogP contribution is 2.31. The summed E-state index contributed by atoms with van der Waals surface area (Å²) in [7, 11) is 1.90. The lowest BCUT2D eigenvalue weighted by atomic mass is 9.99. The smallest absolute Gasteiger partial charge is 0.273 e. The van der Waals surface area contributed by atoms with Crippen LogP contribution in [0.5, 0.6) is 0 Å². The van der Waals surface area contributed by atoms with E-state index in [2.05, 4.69) is 15.0 Å². The van der Waals surface area contributed by atoms with Crippen molar-refractivity contribution in [2.75, 3.05) is 32.8 Å². The molecule has 7 heteroatoms. The largest absolute Gasteiger partial charge is 0.373 e. The summed E-state index contributed by atoms with van der Waals surface area (Å²) in [6, 6.07) is 5.31. The molecule has 2 aliphatic heterocycles. The van der Waals surface area contributed by atoms with Crippen molar-refractivity contribution in [2.24, 2.45) is 7.05 Å². The van der Waals surface area contributed by atoms with Gasteiger partial charge in [0.05, 0.1) is 24.9 Å². The third-order valence-corrected chi connectivity index (χ3v) is 5.45. The predicted octanol–water partition coefficient (Wildman–Crippen LogP) is 1.88. The fourth-order valence-electron chi connectivity index (χ4n) is 4.13. The molecule has 0 N–H and O–H groups in total. The summed E-state index contributed by atoms with van der Waals surface area (Å²) >= 11 is 0. The number of carbonyl (C=O) groups is 1. The van der Waals surface area contributed by atoms with Crippen LogP contribution in [0, 0.1) is 0 Å². The van der Waals surface area contributed by atoms with Gasteiger partial charge in [-0.15, -0.1) is 0 Å². The molecular weight excluding hydrogens is 342 g/mol. The second kappa shape index (κ2) is 8.19. The molecule has 0 aromatic carbocycles. The first-order chi connectivity index (χ1) is 13.2. The van der Waals surface area contributed by atoms with E-state index >= 15 is 0 Å². The van der Waals surface area contributed by atoms with E-state index in [1.165, 1.54) is 19.3 Å². The van der Waals surface area contributed by atoms with Crippen LogP contribution in [0.3, 0.4) is 0 Å². The average Bonchev–Trinajstić information content (AvgIpc) is 3.14. The number of aromatic nitrogens is 3. The number of amides is 1. The van der Waals surface area contributed by atoms with Gasteiger partial charge in [0.15, 0.2) is 0 Å². The van der Waals surface area contributed by atoms with Crippen molar-refractivity contribution < 1.29 is 9.53 Å². The molecule has 0 unspecified atom stereocenters. The lowest BCUT2D eigenvalue weighted by Crippen LogP contribution is -2.52. The molecule has 2 saturated heterocycles. The van der Waals surface area contributed by atoms with E-state index in [4.69, 9.17) is 4.74 Å². The van der Waals surface area contributed by atoms with Crippen molar-refractivity contribution in [1.29, 1.82) is 0 Å². The zero-order valence-electron chi connectivity index (χ0n) is 15.8. The van der Waals surface area contributed by atoms with Gasteiger partial charge < -0.3 is 14.5 Å². The Kier molecular flexibility index (Phi) is 5.50. The van der Waals surface area contributed by atoms with E-state index in [1.54, 1.807) is 16.9 Å². The number of nitrogens with zero attached hydrogens (tertiary/aromatic N) is 5. The molecule has 0 bridgehead atoms. The Morgan fingerprint density at radius 1 is 1.22 bits per heavy atom. The van der Waals surface area contributed by atoms with Gasteiger partial charge in [0, 0.05) is 38.1 Å². The van der Waals surface area contributed by atoms with Gasteiger partial charge in [-0.05, 0) is 38.1 Å². The first-order valence-corrected chi connectivity index (χ1v) is 9.77. The number of carbonyl (C=O) groups excluding carboxylic acids is 1. The first kappa shape index (κ1) is 18.1. The number of piperidine rings is 1. The Morgan fingerprint density at radius 3 is 2.78 bits per heavy atom. The number of aryl methyl sites for hydroxylation is 1. The highest BCUT2D eigenvalue weighted by Gasteiger charge is 2.38. The highest BCUT2D eigenvalue weighted by molar-refractivity contribution is 5.92. The second-order valence-electron chi connectivity index (χ2n) is 7.38. The van der Waals surface area contributed by atoms with Gasteiger partial charge in [-0.1, -0.05) is 12.5 Å². The molecule has 2 aromatic rings. The molecule has 2 fully saturated rings. The molecule has 0 spiro atoms. The van der Waals surface area contributed by atoms with Gasteiger partial charge in [0.2, 0.25) is 0 Å². The third kappa shape index (κ3) is 4.04. The number of hydrogen-bond donors (Lipinski definition) is 0. The van der Waals surface area contributed by atoms with Gasteiger partial charge in [-0.2, -0.15) is 5.10 Å². The van der Waals surface area contributed by atoms with E-state index in [0.717, 1.165) is 25.2 Å². The van der Waals surface area contributed by atoms with Crippen LogP contribution in [0.25, 0.3) is 0 Å². The molecule has 2 atom stereocenters. The Morgan fingerprint density at radius 2 is 2.07 bits per heavy atom. The third-order valence-electron chi connectivity index (χ3n) is 5.45. The molecule has 144 valence electrons. The van der Waals surface area contributed by atoms with Crippen LogP contribution in [0.2, 0.25) is 0 Å². The van der Waals surface area contributed by atoms with Crippen LogP contribution in [0.4, 0.5) is 0 Å². The Labute approximate surface area is 159 Å². The standard InChI is InChI=1S/C20H27N5O2/c1-23-14-16(13-22-23)19-18(15-24-9-5-2-6-10-24)27-12-11-25(19)20(26)17-7-3-4-8-21-17/h3-4,7-8,13-14,18-19H,2,5-6,9-12,15H2,1H3/t18-,19-/m0/s1. The van der Waals surface area contributed by atoms with Gasteiger partial charge in [-0.25, -0.2) is 0 Å². The van der Waals surface area contributed by atoms with E-state index < -0.39 is 0 Å². The van der Waals surface area contributed by atoms with Crippen molar-refractivity contribution >= 4 is 5.91 Å². The van der Waals surface area contributed by atoms with E-state index in [1.807, 2.05) is 36.5 Å².